The lowest BCUT2D eigenvalue weighted by molar-refractivity contribution is 0.0526. The number of esters is 1. The summed E-state index contributed by atoms with van der Waals surface area (Å²) in [6.07, 6.45) is 1.42. The van der Waals surface area contributed by atoms with Gasteiger partial charge >= 0.3 is 5.97 Å². The smallest absolute Gasteiger partial charge is 0.338 e. The van der Waals surface area contributed by atoms with E-state index in [2.05, 4.69) is 20.6 Å². The van der Waals surface area contributed by atoms with Gasteiger partial charge in [0, 0.05) is 11.4 Å². The van der Waals surface area contributed by atoms with Crippen molar-refractivity contribution < 1.29 is 9.53 Å². The molecule has 4 N–H and O–H groups in total. The van der Waals surface area contributed by atoms with Gasteiger partial charge < -0.3 is 21.1 Å². The lowest BCUT2D eigenvalue weighted by Crippen LogP contribution is -2.07. The molecule has 0 aliphatic rings. The molecular weight excluding hydrogens is 330 g/mol. The number of nitrogens with zero attached hydrogens (tertiary/aromatic N) is 2. The van der Waals surface area contributed by atoms with Crippen LogP contribution in [0.3, 0.4) is 0 Å². The molecule has 0 aliphatic heterocycles. The molecule has 0 unspecified atom stereocenters. The average molecular weight is 349 g/mol. The van der Waals surface area contributed by atoms with Gasteiger partial charge in [-0.15, -0.1) is 0 Å². The van der Waals surface area contributed by atoms with E-state index in [1.165, 1.54) is 6.33 Å². The van der Waals surface area contributed by atoms with Crippen molar-refractivity contribution in [3.8, 4) is 0 Å². The van der Waals surface area contributed by atoms with Gasteiger partial charge in [0.15, 0.2) is 11.6 Å². The van der Waals surface area contributed by atoms with Gasteiger partial charge in [-0.25, -0.2) is 14.8 Å². The van der Waals surface area contributed by atoms with Crippen molar-refractivity contribution in [3.63, 3.8) is 0 Å². The molecule has 0 fully saturated rings. The fraction of sp³-hybridized carbons (Fsp3) is 0.105. The van der Waals surface area contributed by atoms with Crippen LogP contribution >= 0.6 is 0 Å². The van der Waals surface area contributed by atoms with Crippen LogP contribution in [0.25, 0.3) is 0 Å². The Morgan fingerprint density at radius 1 is 1.00 bits per heavy atom. The van der Waals surface area contributed by atoms with Crippen LogP contribution in [0.5, 0.6) is 0 Å². The standard InChI is InChI=1S/C19H19N5O2/c1-2-26-19(25)13-7-6-10-15(11-13)24-18-16(20)17(21-12-22-18)23-14-8-4-3-5-9-14/h3-12H,2,20H2,1H3,(H2,21,22,23,24). The van der Waals surface area contributed by atoms with Crippen LogP contribution in [-0.4, -0.2) is 22.5 Å². The molecule has 0 saturated heterocycles. The van der Waals surface area contributed by atoms with Crippen molar-refractivity contribution in [2.45, 2.75) is 6.92 Å². The van der Waals surface area contributed by atoms with Crippen molar-refractivity contribution in [2.24, 2.45) is 0 Å². The second-order valence-electron chi connectivity index (χ2n) is 5.40. The van der Waals surface area contributed by atoms with Gasteiger partial charge in [0.25, 0.3) is 0 Å². The van der Waals surface area contributed by atoms with Crippen LogP contribution < -0.4 is 16.4 Å². The molecule has 26 heavy (non-hydrogen) atoms. The Morgan fingerprint density at radius 2 is 1.65 bits per heavy atom. The summed E-state index contributed by atoms with van der Waals surface area (Å²) >= 11 is 0. The largest absolute Gasteiger partial charge is 0.462 e. The Morgan fingerprint density at radius 3 is 2.35 bits per heavy atom. The van der Waals surface area contributed by atoms with E-state index in [1.54, 1.807) is 25.1 Å². The molecule has 0 aliphatic carbocycles. The number of nitrogens with one attached hydrogen (secondary N) is 2. The number of nitrogens with two attached hydrogens (primary N) is 1. The van der Waals surface area contributed by atoms with Crippen LogP contribution in [0, 0.1) is 0 Å². The minimum absolute atomic E-state index is 0.323. The van der Waals surface area contributed by atoms with Crippen LogP contribution in [-0.2, 0) is 4.74 Å². The zero-order valence-electron chi connectivity index (χ0n) is 14.3. The molecule has 0 amide bonds. The number of hydrogen-bond acceptors (Lipinski definition) is 7. The van der Waals surface area contributed by atoms with Crippen LogP contribution in [0.2, 0.25) is 0 Å². The fourth-order valence-corrected chi connectivity index (χ4v) is 2.33. The van der Waals surface area contributed by atoms with E-state index in [0.29, 0.717) is 35.2 Å². The second kappa shape index (κ2) is 7.98. The number of carbonyl (C=O) groups is 1. The third kappa shape index (κ3) is 4.07. The molecule has 1 heterocycles. The Bertz CT molecular complexity index is 899. The number of benzene rings is 2. The molecule has 132 valence electrons. The zero-order valence-corrected chi connectivity index (χ0v) is 14.3. The fourth-order valence-electron chi connectivity index (χ4n) is 2.33. The van der Waals surface area contributed by atoms with E-state index in [1.807, 2.05) is 36.4 Å². The minimum Gasteiger partial charge on any atom is -0.462 e. The molecule has 0 spiro atoms. The van der Waals surface area contributed by atoms with Gasteiger partial charge in [-0.05, 0) is 37.3 Å². The normalized spacial score (nSPS) is 10.2. The van der Waals surface area contributed by atoms with Crippen molar-refractivity contribution in [1.29, 1.82) is 0 Å². The summed E-state index contributed by atoms with van der Waals surface area (Å²) in [5.74, 6) is 0.563. The Labute approximate surface area is 151 Å². The Hall–Kier alpha value is -3.61. The maximum Gasteiger partial charge on any atom is 0.338 e. The number of hydrogen-bond donors (Lipinski definition) is 3. The van der Waals surface area contributed by atoms with Crippen molar-refractivity contribution in [2.75, 3.05) is 23.0 Å². The molecular formula is C19H19N5O2. The highest BCUT2D eigenvalue weighted by Gasteiger charge is 2.11. The molecule has 7 heteroatoms. The first-order chi connectivity index (χ1) is 12.7. The van der Waals surface area contributed by atoms with Gasteiger partial charge in [-0.2, -0.15) is 0 Å². The highest BCUT2D eigenvalue weighted by atomic mass is 16.5. The number of anilines is 5. The maximum atomic E-state index is 11.9. The summed E-state index contributed by atoms with van der Waals surface area (Å²) in [7, 11) is 0. The lowest BCUT2D eigenvalue weighted by atomic mass is 10.2. The third-order valence-electron chi connectivity index (χ3n) is 3.56. The lowest BCUT2D eigenvalue weighted by Gasteiger charge is -2.13. The molecule has 7 nitrogen and oxygen atoms in total. The summed E-state index contributed by atoms with van der Waals surface area (Å²) in [6.45, 7) is 2.09. The number of carbonyl (C=O) groups excluding carboxylic acids is 1. The first kappa shape index (κ1) is 17.2. The van der Waals surface area contributed by atoms with Gasteiger partial charge in [-0.3, -0.25) is 0 Å². The van der Waals surface area contributed by atoms with E-state index in [9.17, 15) is 4.79 Å². The number of rotatable bonds is 6. The number of ether oxygens (including phenoxy) is 1. The van der Waals surface area contributed by atoms with Gasteiger partial charge in [0.1, 0.15) is 12.0 Å². The predicted molar refractivity (Wildman–Crippen MR) is 102 cm³/mol. The second-order valence-corrected chi connectivity index (χ2v) is 5.40. The Kier molecular flexibility index (Phi) is 5.28. The third-order valence-corrected chi connectivity index (χ3v) is 3.56. The summed E-state index contributed by atoms with van der Waals surface area (Å²) in [4.78, 5) is 20.2. The average Bonchev–Trinajstić information content (AvgIpc) is 2.66. The first-order valence-corrected chi connectivity index (χ1v) is 8.14. The predicted octanol–water partition coefficient (Wildman–Crippen LogP) is 3.72. The van der Waals surface area contributed by atoms with Gasteiger partial charge in [0.2, 0.25) is 0 Å². The van der Waals surface area contributed by atoms with Crippen LogP contribution in [0.4, 0.5) is 28.7 Å². The number of para-hydroxylation sites is 1. The van der Waals surface area contributed by atoms with E-state index in [-0.39, 0.29) is 5.97 Å². The molecule has 1 aromatic heterocycles. The summed E-state index contributed by atoms with van der Waals surface area (Å²) in [6, 6.07) is 16.5. The number of nitrogen functional groups attached to an aromatic ring is 1. The Balaban J connectivity index is 1.81. The topological polar surface area (TPSA) is 102 Å². The van der Waals surface area contributed by atoms with E-state index in [4.69, 9.17) is 10.5 Å². The van der Waals surface area contributed by atoms with Gasteiger partial charge in [-0.1, -0.05) is 24.3 Å². The van der Waals surface area contributed by atoms with Crippen molar-refractivity contribution in [1.82, 2.24) is 9.97 Å². The minimum atomic E-state index is -0.377. The highest BCUT2D eigenvalue weighted by Crippen LogP contribution is 2.28. The maximum absolute atomic E-state index is 11.9. The molecule has 0 saturated carbocycles. The summed E-state index contributed by atoms with van der Waals surface area (Å²) < 4.78 is 5.02. The molecule has 2 aromatic carbocycles. The molecule has 3 rings (SSSR count). The van der Waals surface area contributed by atoms with E-state index < -0.39 is 0 Å². The quantitative estimate of drug-likeness (QED) is 0.583. The van der Waals surface area contributed by atoms with Crippen LogP contribution in [0.1, 0.15) is 17.3 Å². The first-order valence-electron chi connectivity index (χ1n) is 8.14. The summed E-state index contributed by atoms with van der Waals surface area (Å²) in [5.41, 5.74) is 8.55. The summed E-state index contributed by atoms with van der Waals surface area (Å²) in [5, 5.41) is 6.27. The zero-order chi connectivity index (χ0) is 18.4. The van der Waals surface area contributed by atoms with E-state index >= 15 is 0 Å². The highest BCUT2D eigenvalue weighted by molar-refractivity contribution is 5.91. The van der Waals surface area contributed by atoms with Crippen LogP contribution in [0.15, 0.2) is 60.9 Å². The SMILES string of the molecule is CCOC(=O)c1cccc(Nc2ncnc(Nc3ccccc3)c2N)c1. The molecule has 0 atom stereocenters. The van der Waals surface area contributed by atoms with Gasteiger partial charge in [0.05, 0.1) is 12.2 Å². The molecule has 0 bridgehead atoms. The van der Waals surface area contributed by atoms with Crippen molar-refractivity contribution in [3.05, 3.63) is 66.5 Å². The van der Waals surface area contributed by atoms with E-state index in [0.717, 1.165) is 5.69 Å². The monoisotopic (exact) mass is 349 g/mol. The van der Waals surface area contributed by atoms with Crippen molar-refractivity contribution >= 4 is 34.7 Å². The number of aromatic nitrogens is 2. The molecule has 3 aromatic rings. The molecule has 0 radical (unpaired) electrons.